The lowest BCUT2D eigenvalue weighted by atomic mass is 9.42. The molecule has 0 aromatic carbocycles. The van der Waals surface area contributed by atoms with Crippen LogP contribution in [0, 0.1) is 28.1 Å². The molecule has 5 aliphatic rings. The van der Waals surface area contributed by atoms with Crippen LogP contribution in [-0.4, -0.2) is 74.4 Å². The maximum absolute atomic E-state index is 12.3. The summed E-state index contributed by atoms with van der Waals surface area (Å²) >= 11 is 0. The molecule has 190 valence electrons. The third-order valence-corrected chi connectivity index (χ3v) is 10.3. The van der Waals surface area contributed by atoms with Crippen LogP contribution in [0.15, 0.2) is 24.3 Å². The lowest BCUT2D eigenvalue weighted by molar-refractivity contribution is -0.326. The first-order valence-corrected chi connectivity index (χ1v) is 12.5. The molecule has 1 heterocycles. The van der Waals surface area contributed by atoms with Crippen LogP contribution < -0.4 is 0 Å². The summed E-state index contributed by atoms with van der Waals surface area (Å²) in [5.74, 6) is -0.374. The topological polar surface area (TPSA) is 137 Å². The number of fused-ring (bicyclic) bond motifs is 3. The predicted molar refractivity (Wildman–Crippen MR) is 121 cm³/mol. The number of hydrogen-bond donors (Lipinski definition) is 5. The number of hydrogen-bond acceptors (Lipinski definition) is 7. The number of aliphatic carboxylic acids is 1. The van der Waals surface area contributed by atoms with Gasteiger partial charge in [-0.3, -0.25) is 4.79 Å². The molecule has 1 aliphatic heterocycles. The zero-order chi connectivity index (χ0) is 24.7. The van der Waals surface area contributed by atoms with Gasteiger partial charge in [0.25, 0.3) is 0 Å². The van der Waals surface area contributed by atoms with Crippen molar-refractivity contribution < 1.29 is 39.8 Å². The molecule has 0 amide bonds. The van der Waals surface area contributed by atoms with E-state index in [4.69, 9.17) is 9.47 Å². The molecular weight excluding hydrogens is 440 g/mol. The molecule has 1 saturated heterocycles. The highest BCUT2D eigenvalue weighted by Gasteiger charge is 2.68. The van der Waals surface area contributed by atoms with Gasteiger partial charge in [-0.2, -0.15) is 0 Å². The number of ether oxygens (including phenoxy) is 2. The van der Waals surface area contributed by atoms with Crippen molar-refractivity contribution in [2.75, 3.05) is 6.61 Å². The lowest BCUT2D eigenvalue weighted by Crippen LogP contribution is -2.62. The van der Waals surface area contributed by atoms with Crippen molar-refractivity contribution in [2.24, 2.45) is 28.1 Å². The van der Waals surface area contributed by atoms with Gasteiger partial charge < -0.3 is 35.0 Å². The largest absolute Gasteiger partial charge is 0.481 e. The van der Waals surface area contributed by atoms with Crippen LogP contribution in [-0.2, 0) is 14.3 Å². The summed E-state index contributed by atoms with van der Waals surface area (Å²) in [4.78, 5) is 12.3. The maximum Gasteiger partial charge on any atom is 0.309 e. The Morgan fingerprint density at radius 1 is 1.15 bits per heavy atom. The Labute approximate surface area is 200 Å². The first-order chi connectivity index (χ1) is 15.9. The molecule has 4 fully saturated rings. The van der Waals surface area contributed by atoms with E-state index in [1.165, 1.54) is 0 Å². The van der Waals surface area contributed by atoms with Crippen molar-refractivity contribution in [3.8, 4) is 0 Å². The summed E-state index contributed by atoms with van der Waals surface area (Å²) in [5.41, 5.74) is -0.863. The van der Waals surface area contributed by atoms with Gasteiger partial charge in [-0.25, -0.2) is 0 Å². The number of rotatable bonds is 4. The molecule has 0 aromatic rings. The van der Waals surface area contributed by atoms with E-state index in [0.717, 1.165) is 31.3 Å². The van der Waals surface area contributed by atoms with Crippen molar-refractivity contribution in [1.29, 1.82) is 0 Å². The molecule has 0 aromatic heterocycles. The minimum Gasteiger partial charge on any atom is -0.481 e. The van der Waals surface area contributed by atoms with E-state index in [1.54, 1.807) is 0 Å². The monoisotopic (exact) mass is 478 g/mol. The van der Waals surface area contributed by atoms with E-state index >= 15 is 0 Å². The Hall–Kier alpha value is -1.29. The molecule has 3 saturated carbocycles. The fraction of sp³-hybridized carbons (Fsp3) is 0.808. The van der Waals surface area contributed by atoms with E-state index in [-0.39, 0.29) is 16.7 Å². The number of allylic oxidation sites excluding steroid dienone is 2. The molecule has 1 spiro atoms. The summed E-state index contributed by atoms with van der Waals surface area (Å²) in [7, 11) is 0. The summed E-state index contributed by atoms with van der Waals surface area (Å²) in [6.45, 7) is 7.99. The molecule has 34 heavy (non-hydrogen) atoms. The van der Waals surface area contributed by atoms with E-state index in [1.807, 2.05) is 6.92 Å². The van der Waals surface area contributed by atoms with Crippen molar-refractivity contribution >= 4 is 5.97 Å². The van der Waals surface area contributed by atoms with Crippen LogP contribution in [0.5, 0.6) is 0 Å². The van der Waals surface area contributed by atoms with Gasteiger partial charge in [-0.05, 0) is 80.1 Å². The van der Waals surface area contributed by atoms with Crippen LogP contribution in [0.3, 0.4) is 0 Å². The molecule has 4 aliphatic carbocycles. The first-order valence-electron chi connectivity index (χ1n) is 12.5. The maximum atomic E-state index is 12.3. The summed E-state index contributed by atoms with van der Waals surface area (Å²) in [6, 6.07) is 0. The highest BCUT2D eigenvalue weighted by molar-refractivity contribution is 5.75. The van der Waals surface area contributed by atoms with Gasteiger partial charge in [0.2, 0.25) is 0 Å². The minimum atomic E-state index is -1.48. The fourth-order valence-electron chi connectivity index (χ4n) is 8.59. The smallest absolute Gasteiger partial charge is 0.309 e. The van der Waals surface area contributed by atoms with Crippen LogP contribution in [0.2, 0.25) is 0 Å². The molecular formula is C26H38O8. The Bertz CT molecular complexity index is 901. The normalized spacial score (nSPS) is 54.4. The average Bonchev–Trinajstić information content (AvgIpc) is 2.98. The fourth-order valence-corrected chi connectivity index (χ4v) is 8.59. The number of aliphatic hydroxyl groups is 4. The molecule has 5 rings (SSSR count). The van der Waals surface area contributed by atoms with Crippen molar-refractivity contribution in [1.82, 2.24) is 0 Å². The standard InChI is InChI=1S/C26H38O8/c1-14-11-25-9-5-16-23(2,7-4-8-24(16,3)22(31)32)17(25)6-10-26(14,13-25)34-21-20(30)19(29)18(28)15(12-27)33-21/h4,7,15-21,27-30H,1,5-6,8-13H2,2-3H3,(H,31,32)/t15-,16+,17+,18-,19+,20-,21+,23-,24-,25-,26+/m1/s1. The van der Waals surface area contributed by atoms with Crippen LogP contribution >= 0.6 is 0 Å². The Morgan fingerprint density at radius 3 is 2.53 bits per heavy atom. The van der Waals surface area contributed by atoms with Gasteiger partial charge in [0.05, 0.1) is 17.6 Å². The van der Waals surface area contributed by atoms with Gasteiger partial charge in [-0.1, -0.05) is 25.7 Å². The second-order valence-corrected chi connectivity index (χ2v) is 12.0. The summed E-state index contributed by atoms with van der Waals surface area (Å²) in [6.07, 6.45) is 3.01. The van der Waals surface area contributed by atoms with Crippen molar-refractivity contribution in [3.05, 3.63) is 24.3 Å². The Morgan fingerprint density at radius 2 is 1.85 bits per heavy atom. The second kappa shape index (κ2) is 7.85. The average molecular weight is 479 g/mol. The highest BCUT2D eigenvalue weighted by atomic mass is 16.7. The zero-order valence-corrected chi connectivity index (χ0v) is 20.0. The molecule has 8 nitrogen and oxygen atoms in total. The second-order valence-electron chi connectivity index (χ2n) is 12.0. The summed E-state index contributed by atoms with van der Waals surface area (Å²) < 4.78 is 12.1. The van der Waals surface area contributed by atoms with Gasteiger partial charge >= 0.3 is 5.97 Å². The summed E-state index contributed by atoms with van der Waals surface area (Å²) in [5, 5.41) is 50.5. The van der Waals surface area contributed by atoms with E-state index in [2.05, 4.69) is 25.7 Å². The number of carboxylic acids is 1. The molecule has 5 N–H and O–H groups in total. The predicted octanol–water partition coefficient (Wildman–Crippen LogP) is 1.76. The number of carboxylic acid groups (broad SMARTS) is 1. The van der Waals surface area contributed by atoms with Crippen molar-refractivity contribution in [2.45, 2.75) is 95.1 Å². The number of aliphatic hydroxyl groups excluding tert-OH is 4. The third kappa shape index (κ3) is 3.15. The number of carbonyl (C=O) groups is 1. The highest BCUT2D eigenvalue weighted by Crippen LogP contribution is 2.72. The van der Waals surface area contributed by atoms with Crippen LogP contribution in [0.4, 0.5) is 0 Å². The Balaban J connectivity index is 1.42. The van der Waals surface area contributed by atoms with E-state index < -0.39 is 54.3 Å². The SMILES string of the molecule is C=C1C[C@@]23CC[C@H]4[C@@](C)(C=CC[C@@]4(C)C(=O)O)[C@@H]2CC[C@]1(O[C@@H]1O[C@H](CO)[C@@H](O)[C@H](O)[C@H]1O)C3. The van der Waals surface area contributed by atoms with E-state index in [0.29, 0.717) is 25.2 Å². The Kier molecular flexibility index (Phi) is 5.64. The van der Waals surface area contributed by atoms with Gasteiger partial charge in [0.1, 0.15) is 24.4 Å². The minimum absolute atomic E-state index is 0.0610. The molecule has 8 heteroatoms. The molecule has 0 unspecified atom stereocenters. The van der Waals surface area contributed by atoms with Crippen LogP contribution in [0.25, 0.3) is 0 Å². The molecule has 11 atom stereocenters. The first kappa shape index (κ1) is 24.4. The third-order valence-electron chi connectivity index (χ3n) is 10.3. The van der Waals surface area contributed by atoms with E-state index in [9.17, 15) is 30.3 Å². The van der Waals surface area contributed by atoms with Gasteiger partial charge in [-0.15, -0.1) is 0 Å². The van der Waals surface area contributed by atoms with Gasteiger partial charge in [0, 0.05) is 0 Å². The quantitative estimate of drug-likeness (QED) is 0.305. The van der Waals surface area contributed by atoms with Gasteiger partial charge in [0.15, 0.2) is 6.29 Å². The zero-order valence-electron chi connectivity index (χ0n) is 20.0. The van der Waals surface area contributed by atoms with Crippen LogP contribution in [0.1, 0.15) is 58.8 Å². The molecule has 2 bridgehead atoms. The van der Waals surface area contributed by atoms with Crippen molar-refractivity contribution in [3.63, 3.8) is 0 Å². The molecule has 0 radical (unpaired) electrons. The lowest BCUT2D eigenvalue weighted by Gasteiger charge is -2.62.